The fourth-order valence-electron chi connectivity index (χ4n) is 2.88. The Labute approximate surface area is 159 Å². The number of carbonyl (C=O) groups is 2. The van der Waals surface area contributed by atoms with E-state index in [9.17, 15) is 9.59 Å². The summed E-state index contributed by atoms with van der Waals surface area (Å²) in [6.07, 6.45) is 3.67. The number of ether oxygens (including phenoxy) is 1. The Balaban J connectivity index is 1.74. The van der Waals surface area contributed by atoms with E-state index in [2.05, 4.69) is 10.6 Å². The van der Waals surface area contributed by atoms with Gasteiger partial charge in [-0.05, 0) is 43.5 Å². The lowest BCUT2D eigenvalue weighted by molar-refractivity contribution is -0.118. The minimum Gasteiger partial charge on any atom is -0.376 e. The first-order chi connectivity index (χ1) is 13.1. The first-order valence-corrected chi connectivity index (χ1v) is 9.16. The molecule has 2 N–H and O–H groups in total. The van der Waals surface area contributed by atoms with Gasteiger partial charge in [-0.15, -0.1) is 0 Å². The third-order valence-corrected chi connectivity index (χ3v) is 4.43. The van der Waals surface area contributed by atoms with Crippen molar-refractivity contribution in [1.82, 2.24) is 10.6 Å². The van der Waals surface area contributed by atoms with Gasteiger partial charge in [0.25, 0.3) is 11.8 Å². The molecule has 0 saturated carbocycles. The fraction of sp³-hybridized carbons (Fsp3) is 0.273. The largest absolute Gasteiger partial charge is 0.376 e. The lowest BCUT2D eigenvalue weighted by Crippen LogP contribution is -2.38. The van der Waals surface area contributed by atoms with E-state index in [1.54, 1.807) is 18.2 Å². The summed E-state index contributed by atoms with van der Waals surface area (Å²) >= 11 is 0. The maximum absolute atomic E-state index is 12.7. The molecule has 2 aromatic carbocycles. The van der Waals surface area contributed by atoms with Crippen molar-refractivity contribution in [2.24, 2.45) is 0 Å². The highest BCUT2D eigenvalue weighted by molar-refractivity contribution is 6.05. The highest BCUT2D eigenvalue weighted by atomic mass is 16.5. The first kappa shape index (κ1) is 18.9. The molecule has 140 valence electrons. The van der Waals surface area contributed by atoms with Gasteiger partial charge in [0.15, 0.2) is 0 Å². The molecule has 1 fully saturated rings. The molecule has 5 nitrogen and oxygen atoms in total. The molecular weight excluding hydrogens is 340 g/mol. The molecule has 1 aliphatic heterocycles. The second-order valence-electron chi connectivity index (χ2n) is 6.63. The minimum atomic E-state index is -0.324. The third-order valence-electron chi connectivity index (χ3n) is 4.43. The molecule has 5 heteroatoms. The van der Waals surface area contributed by atoms with Crippen LogP contribution in [-0.4, -0.2) is 31.1 Å². The van der Waals surface area contributed by atoms with Crippen LogP contribution in [-0.2, 0) is 9.53 Å². The Morgan fingerprint density at radius 1 is 1.11 bits per heavy atom. The molecule has 1 saturated heterocycles. The number of hydrogen-bond acceptors (Lipinski definition) is 3. The smallest absolute Gasteiger partial charge is 0.267 e. The second-order valence-corrected chi connectivity index (χ2v) is 6.63. The van der Waals surface area contributed by atoms with Crippen molar-refractivity contribution in [3.05, 3.63) is 77.0 Å². The minimum absolute atomic E-state index is 0.0414. The maximum atomic E-state index is 12.7. The molecule has 27 heavy (non-hydrogen) atoms. The molecule has 1 heterocycles. The van der Waals surface area contributed by atoms with Crippen LogP contribution in [0.5, 0.6) is 0 Å². The highest BCUT2D eigenvalue weighted by Crippen LogP contribution is 2.12. The summed E-state index contributed by atoms with van der Waals surface area (Å²) in [6.45, 7) is 3.13. The lowest BCUT2D eigenvalue weighted by Gasteiger charge is -2.14. The van der Waals surface area contributed by atoms with Crippen molar-refractivity contribution in [2.75, 3.05) is 13.2 Å². The Morgan fingerprint density at radius 3 is 2.52 bits per heavy atom. The highest BCUT2D eigenvalue weighted by Gasteiger charge is 2.19. The summed E-state index contributed by atoms with van der Waals surface area (Å²) in [5, 5.41) is 5.61. The predicted molar refractivity (Wildman–Crippen MR) is 105 cm³/mol. The zero-order chi connectivity index (χ0) is 19.1. The Morgan fingerprint density at radius 2 is 1.85 bits per heavy atom. The van der Waals surface area contributed by atoms with Crippen LogP contribution in [0.3, 0.4) is 0 Å². The van der Waals surface area contributed by atoms with Crippen LogP contribution in [0, 0.1) is 6.92 Å². The van der Waals surface area contributed by atoms with E-state index in [1.165, 1.54) is 0 Å². The van der Waals surface area contributed by atoms with Gasteiger partial charge < -0.3 is 15.4 Å². The van der Waals surface area contributed by atoms with Gasteiger partial charge >= 0.3 is 0 Å². The van der Waals surface area contributed by atoms with Crippen molar-refractivity contribution in [2.45, 2.75) is 25.9 Å². The normalized spacial score (nSPS) is 16.8. The summed E-state index contributed by atoms with van der Waals surface area (Å²) < 4.78 is 5.54. The average Bonchev–Trinajstić information content (AvgIpc) is 3.20. The maximum Gasteiger partial charge on any atom is 0.267 e. The van der Waals surface area contributed by atoms with Gasteiger partial charge in [0, 0.05) is 18.7 Å². The van der Waals surface area contributed by atoms with Crippen LogP contribution in [0.1, 0.15) is 34.3 Å². The van der Waals surface area contributed by atoms with E-state index in [1.807, 2.05) is 49.4 Å². The zero-order valence-electron chi connectivity index (χ0n) is 15.4. The van der Waals surface area contributed by atoms with Crippen LogP contribution in [0.2, 0.25) is 0 Å². The van der Waals surface area contributed by atoms with E-state index in [0.29, 0.717) is 12.1 Å². The number of rotatable bonds is 6. The molecule has 0 radical (unpaired) electrons. The number of carbonyl (C=O) groups excluding carboxylic acids is 2. The van der Waals surface area contributed by atoms with Crippen LogP contribution in [0.4, 0.5) is 0 Å². The van der Waals surface area contributed by atoms with Crippen molar-refractivity contribution in [1.29, 1.82) is 0 Å². The van der Waals surface area contributed by atoms with Crippen molar-refractivity contribution in [3.63, 3.8) is 0 Å². The molecule has 2 aromatic rings. The monoisotopic (exact) mass is 364 g/mol. The van der Waals surface area contributed by atoms with Crippen molar-refractivity contribution >= 4 is 17.9 Å². The van der Waals surface area contributed by atoms with Gasteiger partial charge in [0.05, 0.1) is 6.10 Å². The number of benzene rings is 2. The van der Waals surface area contributed by atoms with Crippen LogP contribution in [0.15, 0.2) is 60.3 Å². The number of hydrogen-bond donors (Lipinski definition) is 2. The molecule has 1 aliphatic rings. The van der Waals surface area contributed by atoms with E-state index < -0.39 is 0 Å². The van der Waals surface area contributed by atoms with Gasteiger partial charge in [-0.2, -0.15) is 0 Å². The molecule has 2 amide bonds. The first-order valence-electron chi connectivity index (χ1n) is 9.16. The molecule has 0 aliphatic carbocycles. The predicted octanol–water partition coefficient (Wildman–Crippen LogP) is 3.06. The zero-order valence-corrected chi connectivity index (χ0v) is 15.4. The molecule has 3 rings (SSSR count). The average molecular weight is 364 g/mol. The molecule has 1 unspecified atom stereocenters. The quantitative estimate of drug-likeness (QED) is 0.774. The fourth-order valence-corrected chi connectivity index (χ4v) is 2.88. The second kappa shape index (κ2) is 9.14. The summed E-state index contributed by atoms with van der Waals surface area (Å²) in [5.41, 5.74) is 2.63. The summed E-state index contributed by atoms with van der Waals surface area (Å²) in [4.78, 5) is 25.2. The van der Waals surface area contributed by atoms with Crippen LogP contribution < -0.4 is 10.6 Å². The lowest BCUT2D eigenvalue weighted by atomic mass is 10.1. The van der Waals surface area contributed by atoms with E-state index >= 15 is 0 Å². The van der Waals surface area contributed by atoms with Gasteiger partial charge in [0.2, 0.25) is 0 Å². The van der Waals surface area contributed by atoms with E-state index in [0.717, 1.165) is 30.6 Å². The number of aryl methyl sites for hydroxylation is 1. The molecule has 0 spiro atoms. The van der Waals surface area contributed by atoms with Crippen LogP contribution >= 0.6 is 0 Å². The van der Waals surface area contributed by atoms with Gasteiger partial charge in [0.1, 0.15) is 5.70 Å². The van der Waals surface area contributed by atoms with Gasteiger partial charge in [-0.1, -0.05) is 48.0 Å². The summed E-state index contributed by atoms with van der Waals surface area (Å²) in [7, 11) is 0. The summed E-state index contributed by atoms with van der Waals surface area (Å²) in [6, 6.07) is 16.7. The standard InChI is InChI=1S/C22H24N2O3/c1-16-9-11-18(12-10-16)21(25)24-20(14-17-6-3-2-4-7-17)22(26)23-15-19-8-5-13-27-19/h2-4,6-7,9-12,14,19H,5,8,13,15H2,1H3,(H,23,26)(H,24,25). The molecular formula is C22H24N2O3. The van der Waals surface area contributed by atoms with E-state index in [4.69, 9.17) is 4.74 Å². The van der Waals surface area contributed by atoms with Gasteiger partial charge in [-0.3, -0.25) is 9.59 Å². The molecule has 0 aromatic heterocycles. The SMILES string of the molecule is Cc1ccc(C(=O)NC(=Cc2ccccc2)C(=O)NCC2CCCO2)cc1. The Kier molecular flexibility index (Phi) is 6.39. The number of nitrogens with one attached hydrogen (secondary N) is 2. The van der Waals surface area contributed by atoms with Crippen LogP contribution in [0.25, 0.3) is 6.08 Å². The van der Waals surface area contributed by atoms with Gasteiger partial charge in [-0.25, -0.2) is 0 Å². The van der Waals surface area contributed by atoms with Crippen molar-refractivity contribution < 1.29 is 14.3 Å². The Bertz CT molecular complexity index is 807. The third kappa shape index (κ3) is 5.53. The molecule has 0 bridgehead atoms. The molecule has 1 atom stereocenters. The Hall–Kier alpha value is -2.92. The van der Waals surface area contributed by atoms with E-state index in [-0.39, 0.29) is 23.6 Å². The van der Waals surface area contributed by atoms with Crippen molar-refractivity contribution in [3.8, 4) is 0 Å². The topological polar surface area (TPSA) is 67.4 Å². The number of amides is 2. The summed E-state index contributed by atoms with van der Waals surface area (Å²) in [5.74, 6) is -0.640.